The molecule has 19 heavy (non-hydrogen) atoms. The van der Waals surface area contributed by atoms with Crippen molar-refractivity contribution < 1.29 is 14.7 Å². The Labute approximate surface area is 115 Å². The molecule has 3 rings (SSSR count). The number of carbonyl (C=O) groups excluding carboxylic acids is 2. The van der Waals surface area contributed by atoms with E-state index in [0.717, 1.165) is 25.1 Å². The van der Waals surface area contributed by atoms with E-state index in [1.807, 2.05) is 4.90 Å². The van der Waals surface area contributed by atoms with Crippen molar-refractivity contribution in [3.63, 3.8) is 0 Å². The molecule has 2 N–H and O–H groups in total. The third-order valence-electron chi connectivity index (χ3n) is 3.68. The first-order chi connectivity index (χ1) is 9.11. The molecule has 0 aromatic heterocycles. The van der Waals surface area contributed by atoms with Crippen LogP contribution in [0.5, 0.6) is 0 Å². The number of hydrogen-bond donors (Lipinski definition) is 2. The molecule has 1 aromatic rings. The molecule has 1 atom stereocenters. The highest BCUT2D eigenvalue weighted by Gasteiger charge is 2.32. The van der Waals surface area contributed by atoms with Gasteiger partial charge in [0.15, 0.2) is 0 Å². The van der Waals surface area contributed by atoms with E-state index < -0.39 is 11.7 Å². The third kappa shape index (κ3) is 1.89. The summed E-state index contributed by atoms with van der Waals surface area (Å²) in [6, 6.07) is 3.29. The largest absolute Gasteiger partial charge is 0.394 e. The lowest BCUT2D eigenvalue weighted by Gasteiger charge is -2.26. The van der Waals surface area contributed by atoms with Crippen LogP contribution in [0.3, 0.4) is 0 Å². The minimum atomic E-state index is -0.622. The zero-order valence-electron chi connectivity index (χ0n) is 10.1. The van der Waals surface area contributed by atoms with Gasteiger partial charge in [-0.15, -0.1) is 0 Å². The molecule has 1 saturated heterocycles. The lowest BCUT2D eigenvalue weighted by molar-refractivity contribution is -0.112. The quantitative estimate of drug-likeness (QED) is 0.804. The van der Waals surface area contributed by atoms with Crippen molar-refractivity contribution >= 4 is 34.7 Å². The zero-order valence-corrected chi connectivity index (χ0v) is 10.9. The maximum absolute atomic E-state index is 11.6. The predicted octanol–water partition coefficient (Wildman–Crippen LogP) is 1.44. The summed E-state index contributed by atoms with van der Waals surface area (Å²) in [5, 5.41) is 12.3. The summed E-state index contributed by atoms with van der Waals surface area (Å²) < 4.78 is 0. The van der Waals surface area contributed by atoms with Gasteiger partial charge in [-0.1, -0.05) is 11.6 Å². The Morgan fingerprint density at radius 3 is 2.95 bits per heavy atom. The molecular formula is C13H13ClN2O3. The van der Waals surface area contributed by atoms with Gasteiger partial charge in [-0.2, -0.15) is 0 Å². The lowest BCUT2D eigenvalue weighted by Crippen LogP contribution is -2.32. The van der Waals surface area contributed by atoms with Crippen LogP contribution in [0, 0.1) is 0 Å². The summed E-state index contributed by atoms with van der Waals surface area (Å²) in [6.07, 6.45) is 1.90. The number of amides is 1. The Balaban J connectivity index is 2.03. The van der Waals surface area contributed by atoms with Gasteiger partial charge >= 0.3 is 0 Å². The summed E-state index contributed by atoms with van der Waals surface area (Å²) in [6.45, 7) is 0.879. The van der Waals surface area contributed by atoms with Crippen molar-refractivity contribution in [2.24, 2.45) is 0 Å². The number of aliphatic hydroxyl groups is 1. The van der Waals surface area contributed by atoms with Gasteiger partial charge in [0.05, 0.1) is 34.6 Å². The van der Waals surface area contributed by atoms with Gasteiger partial charge in [0.2, 0.25) is 0 Å². The van der Waals surface area contributed by atoms with Crippen LogP contribution in [0.4, 0.5) is 11.4 Å². The van der Waals surface area contributed by atoms with Crippen LogP contribution in [0.25, 0.3) is 0 Å². The van der Waals surface area contributed by atoms with Crippen LogP contribution < -0.4 is 10.2 Å². The fourth-order valence-electron chi connectivity index (χ4n) is 2.72. The number of Topliss-reactive ketones (excluding diaryl/α,β-unsaturated/α-hetero) is 1. The number of ketones is 1. The molecule has 0 radical (unpaired) electrons. The molecule has 1 fully saturated rings. The maximum atomic E-state index is 11.6. The number of halogens is 1. The highest BCUT2D eigenvalue weighted by atomic mass is 35.5. The van der Waals surface area contributed by atoms with Crippen molar-refractivity contribution in [1.29, 1.82) is 0 Å². The second kappa shape index (κ2) is 4.51. The molecule has 2 heterocycles. The fourth-order valence-corrected chi connectivity index (χ4v) is 2.99. The smallest absolute Gasteiger partial charge is 0.296 e. The Morgan fingerprint density at radius 2 is 2.21 bits per heavy atom. The number of nitrogens with one attached hydrogen (secondary N) is 1. The van der Waals surface area contributed by atoms with E-state index in [9.17, 15) is 14.7 Å². The van der Waals surface area contributed by atoms with Crippen molar-refractivity contribution in [3.05, 3.63) is 22.7 Å². The molecule has 1 aromatic carbocycles. The van der Waals surface area contributed by atoms with E-state index in [2.05, 4.69) is 5.32 Å². The highest BCUT2D eigenvalue weighted by Crippen LogP contribution is 2.37. The minimum absolute atomic E-state index is 0.0448. The molecule has 6 heteroatoms. The SMILES string of the molecule is O=C1Nc2cc(N3CCCC3CO)c(Cl)cc2C1=O. The van der Waals surface area contributed by atoms with E-state index in [-0.39, 0.29) is 12.6 Å². The normalized spacial score (nSPS) is 21.8. The van der Waals surface area contributed by atoms with E-state index in [0.29, 0.717) is 16.3 Å². The molecule has 1 amide bonds. The topological polar surface area (TPSA) is 69.6 Å². The van der Waals surface area contributed by atoms with E-state index in [1.54, 1.807) is 6.07 Å². The van der Waals surface area contributed by atoms with Crippen molar-refractivity contribution in [3.8, 4) is 0 Å². The lowest BCUT2D eigenvalue weighted by atomic mass is 10.1. The number of aliphatic hydroxyl groups excluding tert-OH is 1. The standard InChI is InChI=1S/C13H13ClN2O3/c14-9-4-8-10(15-13(19)12(8)18)5-11(9)16-3-1-2-7(16)6-17/h4-5,7,17H,1-3,6H2,(H,15,18,19). The first-order valence-electron chi connectivity index (χ1n) is 6.18. The number of rotatable bonds is 2. The number of nitrogens with zero attached hydrogens (tertiary/aromatic N) is 1. The van der Waals surface area contributed by atoms with Gasteiger partial charge in [-0.05, 0) is 25.0 Å². The molecule has 0 saturated carbocycles. The Kier molecular flexibility index (Phi) is 2.95. The van der Waals surface area contributed by atoms with Crippen molar-refractivity contribution in [2.45, 2.75) is 18.9 Å². The van der Waals surface area contributed by atoms with Crippen LogP contribution >= 0.6 is 11.6 Å². The Hall–Kier alpha value is -1.59. The molecule has 0 aliphatic carbocycles. The average Bonchev–Trinajstić information content (AvgIpc) is 2.96. The van der Waals surface area contributed by atoms with Crippen LogP contribution in [0.1, 0.15) is 23.2 Å². The molecule has 0 spiro atoms. The van der Waals surface area contributed by atoms with Crippen molar-refractivity contribution in [1.82, 2.24) is 0 Å². The molecular weight excluding hydrogens is 268 g/mol. The summed E-state index contributed by atoms with van der Waals surface area (Å²) >= 11 is 6.21. The Morgan fingerprint density at radius 1 is 1.42 bits per heavy atom. The number of benzene rings is 1. The minimum Gasteiger partial charge on any atom is -0.394 e. The maximum Gasteiger partial charge on any atom is 0.296 e. The summed E-state index contributed by atoms with van der Waals surface area (Å²) in [5.74, 6) is -1.17. The second-order valence-electron chi connectivity index (χ2n) is 4.80. The van der Waals surface area contributed by atoms with Crippen LogP contribution in [0.15, 0.2) is 12.1 Å². The molecule has 1 unspecified atom stereocenters. The highest BCUT2D eigenvalue weighted by molar-refractivity contribution is 6.52. The van der Waals surface area contributed by atoms with E-state index in [4.69, 9.17) is 11.6 Å². The molecule has 100 valence electrons. The van der Waals surface area contributed by atoms with Gasteiger partial charge in [0.25, 0.3) is 11.7 Å². The Bertz CT molecular complexity index is 573. The molecule has 2 aliphatic heterocycles. The molecule has 5 nitrogen and oxygen atoms in total. The van der Waals surface area contributed by atoms with Crippen LogP contribution in [-0.4, -0.2) is 36.0 Å². The van der Waals surface area contributed by atoms with Gasteiger partial charge in [-0.25, -0.2) is 0 Å². The fraction of sp³-hybridized carbons (Fsp3) is 0.385. The molecule has 0 bridgehead atoms. The first-order valence-corrected chi connectivity index (χ1v) is 6.56. The van der Waals surface area contributed by atoms with Gasteiger partial charge in [0.1, 0.15) is 0 Å². The monoisotopic (exact) mass is 280 g/mol. The van der Waals surface area contributed by atoms with Crippen LogP contribution in [-0.2, 0) is 4.79 Å². The first kappa shape index (κ1) is 12.4. The van der Waals surface area contributed by atoms with Crippen LogP contribution in [0.2, 0.25) is 5.02 Å². The average molecular weight is 281 g/mol. The number of carbonyl (C=O) groups is 2. The predicted molar refractivity (Wildman–Crippen MR) is 71.9 cm³/mol. The van der Waals surface area contributed by atoms with Crippen molar-refractivity contribution in [2.75, 3.05) is 23.4 Å². The second-order valence-corrected chi connectivity index (χ2v) is 5.21. The summed E-state index contributed by atoms with van der Waals surface area (Å²) in [4.78, 5) is 24.9. The van der Waals surface area contributed by atoms with E-state index in [1.165, 1.54) is 6.07 Å². The zero-order chi connectivity index (χ0) is 13.6. The van der Waals surface area contributed by atoms with Gasteiger partial charge in [-0.3, -0.25) is 9.59 Å². The van der Waals surface area contributed by atoms with Gasteiger partial charge in [0, 0.05) is 6.54 Å². The van der Waals surface area contributed by atoms with Gasteiger partial charge < -0.3 is 15.3 Å². The number of hydrogen-bond acceptors (Lipinski definition) is 4. The third-order valence-corrected chi connectivity index (χ3v) is 3.99. The number of fused-ring (bicyclic) bond motifs is 1. The number of anilines is 2. The van der Waals surface area contributed by atoms with E-state index >= 15 is 0 Å². The summed E-state index contributed by atoms with van der Waals surface area (Å²) in [5.41, 5.74) is 1.57. The molecule has 2 aliphatic rings. The summed E-state index contributed by atoms with van der Waals surface area (Å²) in [7, 11) is 0.